The molecule has 2 aromatic rings. The molecule has 0 amide bonds. The van der Waals surface area contributed by atoms with E-state index in [2.05, 4.69) is 20.9 Å². The highest BCUT2D eigenvalue weighted by Crippen LogP contribution is 2.32. The van der Waals surface area contributed by atoms with Crippen LogP contribution in [0.2, 0.25) is 0 Å². The van der Waals surface area contributed by atoms with E-state index in [1.165, 1.54) is 22.4 Å². The molecule has 22 heavy (non-hydrogen) atoms. The molecule has 2 N–H and O–H groups in total. The minimum atomic E-state index is -3.48. The first-order chi connectivity index (χ1) is 10.4. The number of sulfone groups is 1. The molecular weight excluding hydrogens is 390 g/mol. The Morgan fingerprint density at radius 3 is 2.73 bits per heavy atom. The quantitative estimate of drug-likeness (QED) is 0.786. The molecule has 1 aromatic carbocycles. The molecule has 3 rings (SSSR count). The Labute approximate surface area is 139 Å². The lowest BCUT2D eigenvalue weighted by Gasteiger charge is -2.13. The van der Waals surface area contributed by atoms with Gasteiger partial charge in [-0.2, -0.15) is 0 Å². The molecule has 0 saturated carbocycles. The molecule has 0 fully saturated rings. The second kappa shape index (κ2) is 5.71. The van der Waals surface area contributed by atoms with E-state index in [0.717, 1.165) is 4.47 Å². The van der Waals surface area contributed by atoms with Gasteiger partial charge < -0.3 is 5.73 Å². The van der Waals surface area contributed by atoms with Crippen molar-refractivity contribution in [1.29, 1.82) is 0 Å². The molecule has 1 aliphatic rings. The van der Waals surface area contributed by atoms with Gasteiger partial charge in [0.05, 0.1) is 16.7 Å². The van der Waals surface area contributed by atoms with Crippen molar-refractivity contribution in [2.45, 2.75) is 16.1 Å². The highest BCUT2D eigenvalue weighted by atomic mass is 79.9. The first-order valence-electron chi connectivity index (χ1n) is 6.37. The van der Waals surface area contributed by atoms with Crippen LogP contribution in [0, 0.1) is 0 Å². The number of fused-ring (bicyclic) bond motifs is 1. The Kier molecular flexibility index (Phi) is 4.04. The van der Waals surface area contributed by atoms with Crippen molar-refractivity contribution < 1.29 is 8.42 Å². The van der Waals surface area contributed by atoms with Crippen LogP contribution in [0.4, 0.5) is 5.82 Å². The maximum Gasteiger partial charge on any atom is 0.256 e. The molecule has 0 unspecified atom stereocenters. The molecule has 1 atom stereocenters. The summed E-state index contributed by atoms with van der Waals surface area (Å²) in [5.41, 5.74) is 5.23. The SMILES string of the molecule is Nc1cc(=O)n2c(n1)SC[C@H]2CS(=O)(=O)c1ccc(Br)cc1. The van der Waals surface area contributed by atoms with Crippen LogP contribution in [0.15, 0.2) is 49.7 Å². The Balaban J connectivity index is 1.93. The molecule has 6 nitrogen and oxygen atoms in total. The van der Waals surface area contributed by atoms with Gasteiger partial charge in [-0.3, -0.25) is 9.36 Å². The summed E-state index contributed by atoms with van der Waals surface area (Å²) in [4.78, 5) is 16.4. The van der Waals surface area contributed by atoms with Gasteiger partial charge in [-0.1, -0.05) is 27.7 Å². The van der Waals surface area contributed by atoms with Crippen LogP contribution in [0.5, 0.6) is 0 Å². The molecule has 1 aromatic heterocycles. The fraction of sp³-hybridized carbons (Fsp3) is 0.231. The zero-order valence-electron chi connectivity index (χ0n) is 11.3. The topological polar surface area (TPSA) is 95.1 Å². The van der Waals surface area contributed by atoms with E-state index in [0.29, 0.717) is 10.9 Å². The normalized spacial score (nSPS) is 17.4. The van der Waals surface area contributed by atoms with Crippen LogP contribution in [0.3, 0.4) is 0 Å². The third-order valence-corrected chi connectivity index (χ3v) is 6.73. The molecule has 1 aliphatic heterocycles. The fourth-order valence-corrected chi connectivity index (χ4v) is 5.37. The van der Waals surface area contributed by atoms with Gasteiger partial charge in [-0.15, -0.1) is 0 Å². The second-order valence-corrected chi connectivity index (χ2v) is 8.81. The first kappa shape index (κ1) is 15.6. The van der Waals surface area contributed by atoms with Crippen LogP contribution >= 0.6 is 27.7 Å². The van der Waals surface area contributed by atoms with Gasteiger partial charge in [-0.25, -0.2) is 13.4 Å². The summed E-state index contributed by atoms with van der Waals surface area (Å²) in [6, 6.07) is 7.24. The van der Waals surface area contributed by atoms with Crippen molar-refractivity contribution in [3.05, 3.63) is 45.2 Å². The van der Waals surface area contributed by atoms with Gasteiger partial charge in [0.25, 0.3) is 5.56 Å². The van der Waals surface area contributed by atoms with E-state index < -0.39 is 15.9 Å². The van der Waals surface area contributed by atoms with Crippen molar-refractivity contribution >= 4 is 43.3 Å². The van der Waals surface area contributed by atoms with Crippen LogP contribution < -0.4 is 11.3 Å². The van der Waals surface area contributed by atoms with Gasteiger partial charge >= 0.3 is 0 Å². The van der Waals surface area contributed by atoms with E-state index in [1.54, 1.807) is 24.3 Å². The summed E-state index contributed by atoms with van der Waals surface area (Å²) in [6.07, 6.45) is 0. The summed E-state index contributed by atoms with van der Waals surface area (Å²) in [5, 5.41) is 0.473. The monoisotopic (exact) mass is 401 g/mol. The van der Waals surface area contributed by atoms with Crippen LogP contribution in [0.1, 0.15) is 6.04 Å². The number of rotatable bonds is 3. The van der Waals surface area contributed by atoms with Crippen LogP contribution in [-0.2, 0) is 9.84 Å². The number of aromatic nitrogens is 2. The minimum absolute atomic E-state index is 0.139. The smallest absolute Gasteiger partial charge is 0.256 e. The van der Waals surface area contributed by atoms with E-state index in [9.17, 15) is 13.2 Å². The van der Waals surface area contributed by atoms with Crippen LogP contribution in [0.25, 0.3) is 0 Å². The van der Waals surface area contributed by atoms with E-state index in [1.807, 2.05) is 0 Å². The van der Waals surface area contributed by atoms with Crippen molar-refractivity contribution in [2.75, 3.05) is 17.2 Å². The lowest BCUT2D eigenvalue weighted by molar-refractivity contribution is 0.528. The first-order valence-corrected chi connectivity index (χ1v) is 9.80. The summed E-state index contributed by atoms with van der Waals surface area (Å²) in [6.45, 7) is 0. The fourth-order valence-electron chi connectivity index (χ4n) is 2.28. The predicted molar refractivity (Wildman–Crippen MR) is 88.9 cm³/mol. The van der Waals surface area contributed by atoms with Crippen LogP contribution in [-0.4, -0.2) is 29.5 Å². The molecule has 116 valence electrons. The third-order valence-electron chi connectivity index (χ3n) is 3.29. The number of nitrogens with two attached hydrogens (primary N) is 1. The number of thioether (sulfide) groups is 1. The molecule has 0 bridgehead atoms. The van der Waals surface area contributed by atoms with Gasteiger partial charge in [0.2, 0.25) is 0 Å². The molecule has 0 saturated heterocycles. The van der Waals surface area contributed by atoms with Gasteiger partial charge in [0, 0.05) is 16.3 Å². The van der Waals surface area contributed by atoms with Gasteiger partial charge in [0.1, 0.15) is 5.82 Å². The van der Waals surface area contributed by atoms with Crippen molar-refractivity contribution in [1.82, 2.24) is 9.55 Å². The number of hydrogen-bond donors (Lipinski definition) is 1. The Morgan fingerprint density at radius 1 is 1.36 bits per heavy atom. The zero-order valence-corrected chi connectivity index (χ0v) is 14.5. The lowest BCUT2D eigenvalue weighted by atomic mass is 10.4. The number of anilines is 1. The minimum Gasteiger partial charge on any atom is -0.383 e. The van der Waals surface area contributed by atoms with E-state index >= 15 is 0 Å². The molecule has 9 heteroatoms. The van der Waals surface area contributed by atoms with E-state index in [4.69, 9.17) is 5.73 Å². The highest BCUT2D eigenvalue weighted by molar-refractivity contribution is 9.10. The molecule has 0 radical (unpaired) electrons. The standard InChI is InChI=1S/C13H12BrN3O3S2/c14-8-1-3-10(4-2-8)22(19,20)7-9-6-21-13-16-11(15)5-12(18)17(9)13/h1-5,9H,6-7,15H2/t9-/m0/s1. The third kappa shape index (κ3) is 2.92. The van der Waals surface area contributed by atoms with Crippen molar-refractivity contribution in [2.24, 2.45) is 0 Å². The number of hydrogen-bond acceptors (Lipinski definition) is 6. The Hall–Kier alpha value is -1.32. The summed E-state index contributed by atoms with van der Waals surface area (Å²) < 4.78 is 27.2. The zero-order chi connectivity index (χ0) is 15.9. The van der Waals surface area contributed by atoms with Crippen molar-refractivity contribution in [3.63, 3.8) is 0 Å². The highest BCUT2D eigenvalue weighted by Gasteiger charge is 2.30. The average Bonchev–Trinajstić information content (AvgIpc) is 2.81. The Morgan fingerprint density at radius 2 is 2.05 bits per heavy atom. The molecule has 0 spiro atoms. The summed E-state index contributed by atoms with van der Waals surface area (Å²) in [5.74, 6) is 0.502. The summed E-state index contributed by atoms with van der Waals surface area (Å²) in [7, 11) is -3.48. The maximum absolute atomic E-state index is 12.5. The molecular formula is C13H12BrN3O3S2. The van der Waals surface area contributed by atoms with Gasteiger partial charge in [0.15, 0.2) is 15.0 Å². The lowest BCUT2D eigenvalue weighted by Crippen LogP contribution is -2.29. The van der Waals surface area contributed by atoms with Crippen molar-refractivity contribution in [3.8, 4) is 0 Å². The number of nitrogen functional groups attached to an aromatic ring is 1. The Bertz CT molecular complexity index is 878. The largest absolute Gasteiger partial charge is 0.383 e. The number of benzene rings is 1. The molecule has 0 aliphatic carbocycles. The number of nitrogens with zero attached hydrogens (tertiary/aromatic N) is 2. The number of halogens is 1. The molecule has 2 heterocycles. The summed E-state index contributed by atoms with van der Waals surface area (Å²) >= 11 is 4.62. The van der Waals surface area contributed by atoms with E-state index in [-0.39, 0.29) is 22.0 Å². The second-order valence-electron chi connectivity index (χ2n) is 4.87. The maximum atomic E-state index is 12.5. The predicted octanol–water partition coefficient (Wildman–Crippen LogP) is 1.71. The van der Waals surface area contributed by atoms with Gasteiger partial charge in [-0.05, 0) is 24.3 Å². The average molecular weight is 402 g/mol.